The molecule has 1 aromatic carbocycles. The number of halogens is 1. The number of hydrogen-bond donors (Lipinski definition) is 0. The van der Waals surface area contributed by atoms with Crippen LogP contribution in [0.15, 0.2) is 47.4 Å². The fourth-order valence-corrected chi connectivity index (χ4v) is 3.78. The molecule has 1 unspecified atom stereocenters. The predicted molar refractivity (Wildman–Crippen MR) is 97.3 cm³/mol. The first-order valence-electron chi connectivity index (χ1n) is 8.96. The Kier molecular flexibility index (Phi) is 4.12. The number of fused-ring (bicyclic) bond motifs is 2. The van der Waals surface area contributed by atoms with Gasteiger partial charge < -0.3 is 0 Å². The molecule has 0 saturated heterocycles. The molecule has 3 aromatic rings. The zero-order chi connectivity index (χ0) is 17.4. The molecule has 3 nitrogen and oxygen atoms in total. The van der Waals surface area contributed by atoms with Crippen molar-refractivity contribution < 1.29 is 4.39 Å². The Morgan fingerprint density at radius 3 is 2.88 bits per heavy atom. The number of nitrogens with zero attached hydrogens (tertiary/aromatic N) is 2. The fourth-order valence-electron chi connectivity index (χ4n) is 3.78. The summed E-state index contributed by atoms with van der Waals surface area (Å²) in [5.41, 5.74) is 4.16. The van der Waals surface area contributed by atoms with Crippen molar-refractivity contribution in [3.63, 3.8) is 0 Å². The van der Waals surface area contributed by atoms with Crippen molar-refractivity contribution in [3.05, 3.63) is 70.0 Å². The van der Waals surface area contributed by atoms with E-state index in [4.69, 9.17) is 4.98 Å². The standard InChI is InChI=1S/C21H21FN2O/c1-2-14-5-3-8-19-18(11-14)21(25)24-10-9-16(13-20(24)23-19)15-6-4-7-17(22)12-15/h4,6-7,9-10,12-14H,2-3,5,8,11H2,1H3. The van der Waals surface area contributed by atoms with Crippen molar-refractivity contribution in [2.75, 3.05) is 0 Å². The largest absolute Gasteiger partial charge is 0.269 e. The lowest BCUT2D eigenvalue weighted by molar-refractivity contribution is 0.465. The van der Waals surface area contributed by atoms with Gasteiger partial charge in [-0.05, 0) is 67.0 Å². The molecule has 0 aliphatic heterocycles. The smallest absolute Gasteiger partial charge is 0.261 e. The van der Waals surface area contributed by atoms with E-state index >= 15 is 0 Å². The molecule has 0 fully saturated rings. The first-order chi connectivity index (χ1) is 12.2. The quantitative estimate of drug-likeness (QED) is 0.650. The SMILES string of the molecule is CCC1CCCc2nc3cc(-c4cccc(F)c4)ccn3c(=O)c2C1. The molecule has 0 spiro atoms. The lowest BCUT2D eigenvalue weighted by atomic mass is 9.96. The van der Waals surface area contributed by atoms with Gasteiger partial charge in [-0.25, -0.2) is 9.37 Å². The van der Waals surface area contributed by atoms with Gasteiger partial charge in [0, 0.05) is 11.8 Å². The van der Waals surface area contributed by atoms with E-state index in [1.807, 2.05) is 18.2 Å². The average molecular weight is 336 g/mol. The Labute approximate surface area is 146 Å². The third-order valence-electron chi connectivity index (χ3n) is 5.26. The minimum atomic E-state index is -0.268. The van der Waals surface area contributed by atoms with Crippen LogP contribution >= 0.6 is 0 Å². The molecule has 1 aliphatic rings. The second-order valence-corrected chi connectivity index (χ2v) is 6.87. The summed E-state index contributed by atoms with van der Waals surface area (Å²) in [5.74, 6) is 0.302. The van der Waals surface area contributed by atoms with Gasteiger partial charge in [-0.2, -0.15) is 0 Å². The van der Waals surface area contributed by atoms with Crippen molar-refractivity contribution in [2.24, 2.45) is 5.92 Å². The molecule has 1 aliphatic carbocycles. The minimum absolute atomic E-state index is 0.0474. The summed E-state index contributed by atoms with van der Waals surface area (Å²) in [5, 5.41) is 0. The number of benzene rings is 1. The fraction of sp³-hybridized carbons (Fsp3) is 0.333. The molecule has 0 amide bonds. The van der Waals surface area contributed by atoms with E-state index in [1.54, 1.807) is 16.7 Å². The van der Waals surface area contributed by atoms with Gasteiger partial charge in [0.2, 0.25) is 0 Å². The zero-order valence-corrected chi connectivity index (χ0v) is 14.3. The van der Waals surface area contributed by atoms with E-state index in [2.05, 4.69) is 6.92 Å². The highest BCUT2D eigenvalue weighted by atomic mass is 19.1. The van der Waals surface area contributed by atoms with Crippen LogP contribution in [0, 0.1) is 11.7 Å². The maximum absolute atomic E-state index is 13.5. The summed E-state index contributed by atoms with van der Waals surface area (Å²) in [7, 11) is 0. The van der Waals surface area contributed by atoms with E-state index in [0.29, 0.717) is 11.6 Å². The monoisotopic (exact) mass is 336 g/mol. The normalized spacial score (nSPS) is 17.3. The Morgan fingerprint density at radius 2 is 2.08 bits per heavy atom. The van der Waals surface area contributed by atoms with Crippen LogP contribution in [0.5, 0.6) is 0 Å². The second kappa shape index (κ2) is 6.43. The summed E-state index contributed by atoms with van der Waals surface area (Å²) in [6.45, 7) is 2.19. The molecule has 1 atom stereocenters. The van der Waals surface area contributed by atoms with Crippen molar-refractivity contribution >= 4 is 5.65 Å². The number of aromatic nitrogens is 2. The second-order valence-electron chi connectivity index (χ2n) is 6.87. The van der Waals surface area contributed by atoms with Gasteiger partial charge in [0.1, 0.15) is 11.5 Å². The summed E-state index contributed by atoms with van der Waals surface area (Å²) >= 11 is 0. The first-order valence-corrected chi connectivity index (χ1v) is 8.96. The maximum Gasteiger partial charge on any atom is 0.261 e. The lowest BCUT2D eigenvalue weighted by Crippen LogP contribution is -2.23. The van der Waals surface area contributed by atoms with E-state index in [1.165, 1.54) is 12.1 Å². The highest BCUT2D eigenvalue weighted by molar-refractivity contribution is 5.67. The van der Waals surface area contributed by atoms with Gasteiger partial charge in [0.25, 0.3) is 5.56 Å². The molecule has 0 saturated carbocycles. The van der Waals surface area contributed by atoms with Crippen LogP contribution in [-0.2, 0) is 12.8 Å². The van der Waals surface area contributed by atoms with Crippen LogP contribution in [-0.4, -0.2) is 9.38 Å². The number of aryl methyl sites for hydroxylation is 1. The molecular weight excluding hydrogens is 315 g/mol. The van der Waals surface area contributed by atoms with E-state index in [0.717, 1.165) is 54.5 Å². The van der Waals surface area contributed by atoms with Crippen molar-refractivity contribution in [3.8, 4) is 11.1 Å². The molecular formula is C21H21FN2O. The van der Waals surface area contributed by atoms with Crippen LogP contribution in [0.2, 0.25) is 0 Å². The molecule has 25 heavy (non-hydrogen) atoms. The molecule has 4 rings (SSSR count). The summed E-state index contributed by atoms with van der Waals surface area (Å²) in [6.07, 6.45) is 6.78. The van der Waals surface area contributed by atoms with Crippen molar-refractivity contribution in [1.29, 1.82) is 0 Å². The van der Waals surface area contributed by atoms with Crippen molar-refractivity contribution in [2.45, 2.75) is 39.0 Å². The number of pyridine rings is 1. The lowest BCUT2D eigenvalue weighted by Gasteiger charge is -2.12. The average Bonchev–Trinajstić information content (AvgIpc) is 2.84. The Balaban J connectivity index is 1.86. The summed E-state index contributed by atoms with van der Waals surface area (Å²) < 4.78 is 15.1. The zero-order valence-electron chi connectivity index (χ0n) is 14.3. The van der Waals surface area contributed by atoms with Crippen LogP contribution in [0.25, 0.3) is 16.8 Å². The molecule has 128 valence electrons. The van der Waals surface area contributed by atoms with Crippen LogP contribution in [0.1, 0.15) is 37.4 Å². The maximum atomic E-state index is 13.5. The number of hydrogen-bond acceptors (Lipinski definition) is 2. The highest BCUT2D eigenvalue weighted by Gasteiger charge is 2.20. The molecule has 4 heteroatoms. The molecule has 2 aromatic heterocycles. The Hall–Kier alpha value is -2.49. The number of rotatable bonds is 2. The van der Waals surface area contributed by atoms with Gasteiger partial charge in [0.05, 0.1) is 5.69 Å². The van der Waals surface area contributed by atoms with Gasteiger partial charge in [-0.3, -0.25) is 9.20 Å². The molecule has 0 radical (unpaired) electrons. The van der Waals surface area contributed by atoms with E-state index in [9.17, 15) is 9.18 Å². The third kappa shape index (κ3) is 2.97. The topological polar surface area (TPSA) is 34.4 Å². The van der Waals surface area contributed by atoms with Gasteiger partial charge >= 0.3 is 0 Å². The van der Waals surface area contributed by atoms with Crippen molar-refractivity contribution in [1.82, 2.24) is 9.38 Å². The van der Waals surface area contributed by atoms with E-state index < -0.39 is 0 Å². The van der Waals surface area contributed by atoms with Crippen LogP contribution < -0.4 is 5.56 Å². The Bertz CT molecular complexity index is 993. The predicted octanol–water partition coefficient (Wildman–Crippen LogP) is 4.41. The van der Waals surface area contributed by atoms with E-state index in [-0.39, 0.29) is 11.4 Å². The molecule has 0 bridgehead atoms. The molecule has 2 heterocycles. The summed E-state index contributed by atoms with van der Waals surface area (Å²) in [4.78, 5) is 17.7. The minimum Gasteiger partial charge on any atom is -0.269 e. The highest BCUT2D eigenvalue weighted by Crippen LogP contribution is 2.25. The first kappa shape index (κ1) is 16.0. The van der Waals surface area contributed by atoms with Gasteiger partial charge in [0.15, 0.2) is 0 Å². The van der Waals surface area contributed by atoms with Gasteiger partial charge in [-0.15, -0.1) is 0 Å². The van der Waals surface area contributed by atoms with Crippen LogP contribution in [0.4, 0.5) is 4.39 Å². The molecule has 0 N–H and O–H groups in total. The third-order valence-corrected chi connectivity index (χ3v) is 5.26. The van der Waals surface area contributed by atoms with Crippen LogP contribution in [0.3, 0.4) is 0 Å². The van der Waals surface area contributed by atoms with Gasteiger partial charge in [-0.1, -0.05) is 25.5 Å². The summed E-state index contributed by atoms with van der Waals surface area (Å²) in [6, 6.07) is 10.2. The Morgan fingerprint density at radius 1 is 1.24 bits per heavy atom.